The Balaban J connectivity index is 0.00000320. The summed E-state index contributed by atoms with van der Waals surface area (Å²) in [5, 5.41) is 6.53. The molecule has 3 rings (SSSR count). The summed E-state index contributed by atoms with van der Waals surface area (Å²) >= 11 is 1.81. The third-order valence-corrected chi connectivity index (χ3v) is 6.05. The molecule has 0 spiro atoms. The van der Waals surface area contributed by atoms with Gasteiger partial charge in [0.1, 0.15) is 0 Å². The summed E-state index contributed by atoms with van der Waals surface area (Å²) in [4.78, 5) is 32.0. The SMILES string of the molecule is CCc1ccc(CNC(=NC)NCCC(=O)N2CCN(c3ncccn3)CC2)s1.I. The highest BCUT2D eigenvalue weighted by Gasteiger charge is 2.22. The molecule has 0 aliphatic carbocycles. The van der Waals surface area contributed by atoms with E-state index >= 15 is 0 Å². The van der Waals surface area contributed by atoms with Crippen molar-refractivity contribution in [3.05, 3.63) is 40.3 Å². The number of aliphatic imine (C=N–C) groups is 1. The maximum Gasteiger partial charge on any atom is 0.225 e. The van der Waals surface area contributed by atoms with Crippen molar-refractivity contribution in [1.29, 1.82) is 0 Å². The van der Waals surface area contributed by atoms with Crippen molar-refractivity contribution in [1.82, 2.24) is 25.5 Å². The lowest BCUT2D eigenvalue weighted by Crippen LogP contribution is -2.50. The van der Waals surface area contributed by atoms with Gasteiger partial charge in [-0.05, 0) is 24.6 Å². The van der Waals surface area contributed by atoms with Crippen molar-refractivity contribution in [2.45, 2.75) is 26.3 Å². The molecule has 2 aromatic heterocycles. The number of guanidine groups is 1. The van der Waals surface area contributed by atoms with Crippen LogP contribution in [0.1, 0.15) is 23.1 Å². The van der Waals surface area contributed by atoms with E-state index in [-0.39, 0.29) is 29.9 Å². The number of halogens is 1. The fraction of sp³-hybridized carbons (Fsp3) is 0.500. The lowest BCUT2D eigenvalue weighted by atomic mass is 10.3. The number of hydrogen-bond acceptors (Lipinski definition) is 6. The Bertz CT molecular complexity index is 806. The van der Waals surface area contributed by atoms with E-state index in [0.717, 1.165) is 38.0 Å². The molecule has 0 atom stereocenters. The van der Waals surface area contributed by atoms with Gasteiger partial charge in [0.05, 0.1) is 6.54 Å². The zero-order valence-corrected chi connectivity index (χ0v) is 20.7. The Morgan fingerprint density at radius 2 is 1.83 bits per heavy atom. The number of aryl methyl sites for hydroxylation is 1. The van der Waals surface area contributed by atoms with E-state index in [9.17, 15) is 4.79 Å². The zero-order valence-electron chi connectivity index (χ0n) is 17.5. The topological polar surface area (TPSA) is 85.8 Å². The second kappa shape index (κ2) is 12.7. The number of nitrogens with one attached hydrogen (secondary N) is 2. The minimum atomic E-state index is 0. The third-order valence-electron chi connectivity index (χ3n) is 4.82. The van der Waals surface area contributed by atoms with Gasteiger partial charge in [0.2, 0.25) is 11.9 Å². The number of aromatic nitrogens is 2. The van der Waals surface area contributed by atoms with Crippen molar-refractivity contribution >= 4 is 53.1 Å². The highest BCUT2D eigenvalue weighted by Crippen LogP contribution is 2.16. The fourth-order valence-electron chi connectivity index (χ4n) is 3.16. The molecular weight excluding hydrogens is 513 g/mol. The van der Waals surface area contributed by atoms with Crippen molar-refractivity contribution in [2.24, 2.45) is 4.99 Å². The number of amides is 1. The Kier molecular flexibility index (Phi) is 10.3. The summed E-state index contributed by atoms with van der Waals surface area (Å²) in [6.45, 7) is 6.37. The van der Waals surface area contributed by atoms with Crippen LogP contribution >= 0.6 is 35.3 Å². The number of thiophene rings is 1. The van der Waals surface area contributed by atoms with E-state index < -0.39 is 0 Å². The van der Waals surface area contributed by atoms with Gasteiger partial charge in [0, 0.05) is 68.3 Å². The monoisotopic (exact) mass is 543 g/mol. The lowest BCUT2D eigenvalue weighted by molar-refractivity contribution is -0.131. The van der Waals surface area contributed by atoms with Gasteiger partial charge in [0.15, 0.2) is 5.96 Å². The molecule has 30 heavy (non-hydrogen) atoms. The third kappa shape index (κ3) is 7.08. The van der Waals surface area contributed by atoms with Crippen LogP contribution in [-0.2, 0) is 17.8 Å². The van der Waals surface area contributed by atoms with Crippen LogP contribution in [0.5, 0.6) is 0 Å². The summed E-state index contributed by atoms with van der Waals surface area (Å²) in [6, 6.07) is 6.12. The number of nitrogens with zero attached hydrogens (tertiary/aromatic N) is 5. The number of carbonyl (C=O) groups is 1. The highest BCUT2D eigenvalue weighted by molar-refractivity contribution is 14.0. The van der Waals surface area contributed by atoms with Gasteiger partial charge in [-0.15, -0.1) is 35.3 Å². The van der Waals surface area contributed by atoms with Crippen molar-refractivity contribution < 1.29 is 4.79 Å². The van der Waals surface area contributed by atoms with Crippen LogP contribution in [0, 0.1) is 0 Å². The zero-order chi connectivity index (χ0) is 20.5. The molecular formula is C20H30IN7OS. The van der Waals surface area contributed by atoms with Crippen LogP contribution in [0.25, 0.3) is 0 Å². The molecule has 0 bridgehead atoms. The maximum atomic E-state index is 12.5. The molecule has 1 amide bonds. The smallest absolute Gasteiger partial charge is 0.225 e. The summed E-state index contributed by atoms with van der Waals surface area (Å²) in [7, 11) is 1.74. The van der Waals surface area contributed by atoms with Gasteiger partial charge in [-0.25, -0.2) is 9.97 Å². The molecule has 0 saturated carbocycles. The first-order valence-corrected chi connectivity index (χ1v) is 10.8. The lowest BCUT2D eigenvalue weighted by Gasteiger charge is -2.34. The predicted octanol–water partition coefficient (Wildman–Crippen LogP) is 2.12. The molecule has 0 unspecified atom stereocenters. The second-order valence-electron chi connectivity index (χ2n) is 6.74. The molecule has 164 valence electrons. The maximum absolute atomic E-state index is 12.5. The van der Waals surface area contributed by atoms with E-state index in [0.29, 0.717) is 26.1 Å². The molecule has 0 radical (unpaired) electrons. The standard InChI is InChI=1S/C20H29N7OS.HI/c1-3-16-5-6-17(29-16)15-25-19(21-2)22-10-7-18(28)26-11-13-27(14-12-26)20-23-8-4-9-24-20;/h4-6,8-9H,3,7,10-15H2,1-2H3,(H2,21,22,25);1H. The minimum absolute atomic E-state index is 0. The first-order chi connectivity index (χ1) is 14.2. The van der Waals surface area contributed by atoms with E-state index in [1.807, 2.05) is 22.3 Å². The van der Waals surface area contributed by atoms with Crippen LogP contribution in [0.4, 0.5) is 5.95 Å². The molecule has 8 nitrogen and oxygen atoms in total. The Hall–Kier alpha value is -1.95. The van der Waals surface area contributed by atoms with Crippen LogP contribution < -0.4 is 15.5 Å². The van der Waals surface area contributed by atoms with E-state index in [4.69, 9.17) is 0 Å². The Labute approximate surface area is 199 Å². The van der Waals surface area contributed by atoms with Crippen LogP contribution in [0.15, 0.2) is 35.6 Å². The second-order valence-corrected chi connectivity index (χ2v) is 7.99. The van der Waals surface area contributed by atoms with Gasteiger partial charge >= 0.3 is 0 Å². The van der Waals surface area contributed by atoms with Crippen LogP contribution in [0.2, 0.25) is 0 Å². The van der Waals surface area contributed by atoms with Gasteiger partial charge in [0.25, 0.3) is 0 Å². The van der Waals surface area contributed by atoms with E-state index in [1.54, 1.807) is 19.4 Å². The van der Waals surface area contributed by atoms with Gasteiger partial charge < -0.3 is 20.4 Å². The Morgan fingerprint density at radius 3 is 2.47 bits per heavy atom. The predicted molar refractivity (Wildman–Crippen MR) is 133 cm³/mol. The molecule has 1 aliphatic heterocycles. The summed E-state index contributed by atoms with van der Waals surface area (Å²) in [5.74, 6) is 1.61. The number of piperazine rings is 1. The quantitative estimate of drug-likeness (QED) is 0.316. The molecule has 1 aliphatic rings. The number of hydrogen-bond donors (Lipinski definition) is 2. The summed E-state index contributed by atoms with van der Waals surface area (Å²) < 4.78 is 0. The normalized spacial score (nSPS) is 14.3. The molecule has 3 heterocycles. The molecule has 2 aromatic rings. The van der Waals surface area contributed by atoms with Crippen LogP contribution in [-0.4, -0.2) is 66.5 Å². The first kappa shape index (κ1) is 24.3. The minimum Gasteiger partial charge on any atom is -0.356 e. The largest absolute Gasteiger partial charge is 0.356 e. The number of rotatable bonds is 7. The van der Waals surface area contributed by atoms with Gasteiger partial charge in [-0.3, -0.25) is 9.79 Å². The molecule has 2 N–H and O–H groups in total. The van der Waals surface area contributed by atoms with E-state index in [1.165, 1.54) is 9.75 Å². The average Bonchev–Trinajstić information content (AvgIpc) is 3.25. The van der Waals surface area contributed by atoms with Crippen molar-refractivity contribution in [3.8, 4) is 0 Å². The average molecular weight is 543 g/mol. The van der Waals surface area contributed by atoms with Gasteiger partial charge in [-0.2, -0.15) is 0 Å². The molecule has 1 saturated heterocycles. The number of carbonyl (C=O) groups excluding carboxylic acids is 1. The van der Waals surface area contributed by atoms with Crippen molar-refractivity contribution in [3.63, 3.8) is 0 Å². The van der Waals surface area contributed by atoms with E-state index in [2.05, 4.69) is 49.6 Å². The number of anilines is 1. The highest BCUT2D eigenvalue weighted by atomic mass is 127. The fourth-order valence-corrected chi connectivity index (χ4v) is 4.05. The first-order valence-electron chi connectivity index (χ1n) is 10.0. The molecule has 0 aromatic carbocycles. The molecule has 1 fully saturated rings. The van der Waals surface area contributed by atoms with Gasteiger partial charge in [-0.1, -0.05) is 6.92 Å². The summed E-state index contributed by atoms with van der Waals surface area (Å²) in [5.41, 5.74) is 0. The summed E-state index contributed by atoms with van der Waals surface area (Å²) in [6.07, 6.45) is 5.00. The Morgan fingerprint density at radius 1 is 1.13 bits per heavy atom. The van der Waals surface area contributed by atoms with Crippen LogP contribution in [0.3, 0.4) is 0 Å². The molecule has 10 heteroatoms. The van der Waals surface area contributed by atoms with Crippen molar-refractivity contribution in [2.75, 3.05) is 44.7 Å².